The number of hydrogen-bond donors (Lipinski definition) is 1. The Hall–Kier alpha value is -0.620. The summed E-state index contributed by atoms with van der Waals surface area (Å²) in [6.07, 6.45) is 2.33. The number of carbonyl (C=O) groups is 1. The molecule has 1 aliphatic heterocycles. The van der Waals surface area contributed by atoms with Gasteiger partial charge in [0.25, 0.3) is 0 Å². The van der Waals surface area contributed by atoms with Gasteiger partial charge in [0.15, 0.2) is 9.84 Å². The van der Waals surface area contributed by atoms with Crippen molar-refractivity contribution in [3.8, 4) is 0 Å². The highest BCUT2D eigenvalue weighted by molar-refractivity contribution is 7.91. The van der Waals surface area contributed by atoms with Gasteiger partial charge in [0, 0.05) is 12.6 Å². The average molecular weight is 247 g/mol. The Balaban J connectivity index is 1.83. The van der Waals surface area contributed by atoms with Crippen LogP contribution in [-0.2, 0) is 19.4 Å². The largest absolute Gasteiger partial charge is 0.469 e. The van der Waals surface area contributed by atoms with Gasteiger partial charge in [-0.25, -0.2) is 8.42 Å². The van der Waals surface area contributed by atoms with Gasteiger partial charge in [0.05, 0.1) is 24.0 Å². The highest BCUT2D eigenvalue weighted by Gasteiger charge is 2.51. The third-order valence-corrected chi connectivity index (χ3v) is 5.20. The van der Waals surface area contributed by atoms with E-state index in [-0.39, 0.29) is 28.9 Å². The number of nitrogens with one attached hydrogen (secondary N) is 1. The predicted molar refractivity (Wildman–Crippen MR) is 58.7 cm³/mol. The van der Waals surface area contributed by atoms with Crippen LogP contribution in [0.15, 0.2) is 0 Å². The Morgan fingerprint density at radius 3 is 2.62 bits per heavy atom. The van der Waals surface area contributed by atoms with E-state index in [0.29, 0.717) is 13.0 Å². The zero-order valence-electron chi connectivity index (χ0n) is 9.36. The fourth-order valence-electron chi connectivity index (χ4n) is 2.12. The lowest BCUT2D eigenvalue weighted by Crippen LogP contribution is -2.38. The van der Waals surface area contributed by atoms with Gasteiger partial charge in [-0.2, -0.15) is 0 Å². The van der Waals surface area contributed by atoms with E-state index in [1.165, 1.54) is 7.11 Å². The van der Waals surface area contributed by atoms with Crippen molar-refractivity contribution in [2.24, 2.45) is 5.41 Å². The molecule has 1 saturated heterocycles. The van der Waals surface area contributed by atoms with Gasteiger partial charge in [0.2, 0.25) is 0 Å². The van der Waals surface area contributed by atoms with E-state index in [2.05, 4.69) is 5.32 Å². The van der Waals surface area contributed by atoms with Crippen LogP contribution < -0.4 is 5.32 Å². The van der Waals surface area contributed by atoms with E-state index in [1.807, 2.05) is 0 Å². The number of ether oxygens (including phenoxy) is 1. The molecule has 0 spiro atoms. The summed E-state index contributed by atoms with van der Waals surface area (Å²) in [5.41, 5.74) is -0.374. The standard InChI is InChI=1S/C10H17NO4S/c1-15-9(12)10(3-4-10)7-11-8-2-5-16(13,14)6-8/h8,11H,2-7H2,1H3. The van der Waals surface area contributed by atoms with Crippen LogP contribution in [0.3, 0.4) is 0 Å². The zero-order valence-corrected chi connectivity index (χ0v) is 10.2. The van der Waals surface area contributed by atoms with Gasteiger partial charge in [-0.1, -0.05) is 0 Å². The molecule has 2 fully saturated rings. The lowest BCUT2D eigenvalue weighted by Gasteiger charge is -2.16. The summed E-state index contributed by atoms with van der Waals surface area (Å²) in [6, 6.07) is 0.00660. The third-order valence-electron chi connectivity index (χ3n) is 3.43. The number of methoxy groups -OCH3 is 1. The summed E-state index contributed by atoms with van der Waals surface area (Å²) in [5.74, 6) is 0.279. The SMILES string of the molecule is COC(=O)C1(CNC2CCS(=O)(=O)C2)CC1. The van der Waals surface area contributed by atoms with Crippen LogP contribution in [0.2, 0.25) is 0 Å². The maximum Gasteiger partial charge on any atom is 0.313 e. The summed E-state index contributed by atoms with van der Waals surface area (Å²) in [7, 11) is -1.46. The Morgan fingerprint density at radius 2 is 2.19 bits per heavy atom. The number of esters is 1. The lowest BCUT2D eigenvalue weighted by atomic mass is 10.1. The van der Waals surface area contributed by atoms with Crippen LogP contribution in [0.4, 0.5) is 0 Å². The molecule has 16 heavy (non-hydrogen) atoms. The molecule has 1 N–H and O–H groups in total. The van der Waals surface area contributed by atoms with Gasteiger partial charge in [-0.05, 0) is 19.3 Å². The summed E-state index contributed by atoms with van der Waals surface area (Å²) < 4.78 is 27.2. The minimum atomic E-state index is -2.85. The van der Waals surface area contributed by atoms with Gasteiger partial charge in [-0.15, -0.1) is 0 Å². The summed E-state index contributed by atoms with van der Waals surface area (Å²) in [5, 5.41) is 3.18. The summed E-state index contributed by atoms with van der Waals surface area (Å²) in [4.78, 5) is 11.4. The van der Waals surface area contributed by atoms with E-state index >= 15 is 0 Å². The second kappa shape index (κ2) is 4.00. The summed E-state index contributed by atoms with van der Waals surface area (Å²) in [6.45, 7) is 0.542. The summed E-state index contributed by atoms with van der Waals surface area (Å²) >= 11 is 0. The number of carbonyl (C=O) groups excluding carboxylic acids is 1. The zero-order chi connectivity index (χ0) is 11.8. The quantitative estimate of drug-likeness (QED) is 0.692. The molecule has 0 aromatic carbocycles. The van der Waals surface area contributed by atoms with Crippen molar-refractivity contribution in [1.29, 1.82) is 0 Å². The number of hydrogen-bond acceptors (Lipinski definition) is 5. The first-order chi connectivity index (χ1) is 7.47. The maximum atomic E-state index is 11.4. The van der Waals surface area contributed by atoms with Crippen LogP contribution in [0.1, 0.15) is 19.3 Å². The molecular formula is C10H17NO4S. The molecule has 5 nitrogen and oxygen atoms in total. The Morgan fingerprint density at radius 1 is 1.50 bits per heavy atom. The highest BCUT2D eigenvalue weighted by atomic mass is 32.2. The number of rotatable bonds is 4. The Kier molecular flexibility index (Phi) is 2.96. The number of sulfone groups is 1. The van der Waals surface area contributed by atoms with Crippen molar-refractivity contribution in [3.05, 3.63) is 0 Å². The van der Waals surface area contributed by atoms with Crippen molar-refractivity contribution < 1.29 is 17.9 Å². The average Bonchev–Trinajstić information content (AvgIpc) is 2.95. The Bertz CT molecular complexity index is 386. The first-order valence-electron chi connectivity index (χ1n) is 5.50. The minimum Gasteiger partial charge on any atom is -0.469 e. The van der Waals surface area contributed by atoms with Crippen molar-refractivity contribution in [3.63, 3.8) is 0 Å². The van der Waals surface area contributed by atoms with Gasteiger partial charge >= 0.3 is 5.97 Å². The molecule has 6 heteroatoms. The van der Waals surface area contributed by atoms with E-state index in [0.717, 1.165) is 12.8 Å². The van der Waals surface area contributed by atoms with Gasteiger partial charge < -0.3 is 10.1 Å². The van der Waals surface area contributed by atoms with E-state index in [1.54, 1.807) is 0 Å². The van der Waals surface area contributed by atoms with Crippen molar-refractivity contribution in [2.45, 2.75) is 25.3 Å². The molecule has 1 saturated carbocycles. The van der Waals surface area contributed by atoms with E-state index < -0.39 is 9.84 Å². The lowest BCUT2D eigenvalue weighted by molar-refractivity contribution is -0.146. The molecular weight excluding hydrogens is 230 g/mol. The molecule has 1 atom stereocenters. The molecule has 0 amide bonds. The molecule has 92 valence electrons. The predicted octanol–water partition coefficient (Wildman–Crippen LogP) is -0.284. The smallest absolute Gasteiger partial charge is 0.313 e. The molecule has 0 aromatic rings. The molecule has 2 rings (SSSR count). The van der Waals surface area contributed by atoms with Crippen molar-refractivity contribution >= 4 is 15.8 Å². The van der Waals surface area contributed by atoms with E-state index in [4.69, 9.17) is 4.74 Å². The maximum absolute atomic E-state index is 11.4. The Labute approximate surface area is 95.5 Å². The molecule has 0 aromatic heterocycles. The molecule has 0 radical (unpaired) electrons. The fraction of sp³-hybridized carbons (Fsp3) is 0.900. The normalized spacial score (nSPS) is 29.9. The first kappa shape index (κ1) is 11.9. The third kappa shape index (κ3) is 2.38. The second-order valence-corrected chi connectivity index (χ2v) is 6.98. The molecule has 0 bridgehead atoms. The van der Waals surface area contributed by atoms with Crippen molar-refractivity contribution in [1.82, 2.24) is 5.32 Å². The molecule has 1 aliphatic carbocycles. The van der Waals surface area contributed by atoms with Crippen LogP contribution in [0.5, 0.6) is 0 Å². The minimum absolute atomic E-state index is 0.00660. The van der Waals surface area contributed by atoms with Crippen LogP contribution >= 0.6 is 0 Å². The van der Waals surface area contributed by atoms with Crippen LogP contribution in [0, 0.1) is 5.41 Å². The highest BCUT2D eigenvalue weighted by Crippen LogP contribution is 2.46. The van der Waals surface area contributed by atoms with Gasteiger partial charge in [0.1, 0.15) is 0 Å². The van der Waals surface area contributed by atoms with E-state index in [9.17, 15) is 13.2 Å². The molecule has 2 aliphatic rings. The molecule has 1 heterocycles. The van der Waals surface area contributed by atoms with Crippen LogP contribution in [-0.4, -0.2) is 45.6 Å². The monoisotopic (exact) mass is 247 g/mol. The van der Waals surface area contributed by atoms with Crippen molar-refractivity contribution in [2.75, 3.05) is 25.2 Å². The fourth-order valence-corrected chi connectivity index (χ4v) is 3.82. The van der Waals surface area contributed by atoms with Gasteiger partial charge in [-0.3, -0.25) is 4.79 Å². The van der Waals surface area contributed by atoms with Crippen LogP contribution in [0.25, 0.3) is 0 Å². The second-order valence-electron chi connectivity index (χ2n) is 4.75. The molecule has 1 unspecified atom stereocenters. The topological polar surface area (TPSA) is 72.5 Å². The first-order valence-corrected chi connectivity index (χ1v) is 7.32.